The molecule has 4 nitrogen and oxygen atoms in total. The maximum atomic E-state index is 9.01. The monoisotopic (exact) mass is 286 g/mol. The number of H-pyrrole nitrogens is 1. The van der Waals surface area contributed by atoms with Crippen LogP contribution >= 0.6 is 23.6 Å². The molecule has 1 N–H and O–H groups in total. The van der Waals surface area contributed by atoms with Crippen molar-refractivity contribution in [1.82, 2.24) is 14.5 Å². The van der Waals surface area contributed by atoms with Gasteiger partial charge in [0.2, 0.25) is 0 Å². The highest BCUT2D eigenvalue weighted by molar-refractivity contribution is 7.71. The summed E-state index contributed by atoms with van der Waals surface area (Å²) in [6, 6.07) is 7.73. The van der Waals surface area contributed by atoms with Gasteiger partial charge in [0.15, 0.2) is 4.77 Å². The van der Waals surface area contributed by atoms with Crippen LogP contribution in [0.4, 0.5) is 0 Å². The molecule has 0 aliphatic carbocycles. The number of thiazole rings is 1. The topological polar surface area (TPSA) is 57.4 Å². The second-order valence-electron chi connectivity index (χ2n) is 4.19. The molecule has 0 fully saturated rings. The number of aromatic nitrogens is 3. The van der Waals surface area contributed by atoms with Crippen LogP contribution < -0.4 is 0 Å². The van der Waals surface area contributed by atoms with E-state index in [2.05, 4.69) is 23.0 Å². The summed E-state index contributed by atoms with van der Waals surface area (Å²) in [5.41, 5.74) is 2.50. The van der Waals surface area contributed by atoms with Crippen LogP contribution in [0.25, 0.3) is 11.0 Å². The third-order valence-electron chi connectivity index (χ3n) is 3.04. The van der Waals surface area contributed by atoms with Crippen molar-refractivity contribution >= 4 is 34.6 Å². The number of imidazole rings is 1. The van der Waals surface area contributed by atoms with E-state index in [0.29, 0.717) is 10.3 Å². The minimum atomic E-state index is 0.0511. The molecule has 0 amide bonds. The summed E-state index contributed by atoms with van der Waals surface area (Å²) in [5, 5.41) is 12.0. The highest BCUT2D eigenvalue weighted by atomic mass is 32.1. The van der Waals surface area contributed by atoms with Gasteiger partial charge in [-0.1, -0.05) is 0 Å². The van der Waals surface area contributed by atoms with Gasteiger partial charge in [-0.15, -0.1) is 11.3 Å². The number of hydrogen-bond acceptors (Lipinski definition) is 4. The van der Waals surface area contributed by atoms with Crippen molar-refractivity contribution in [3.8, 4) is 6.07 Å². The number of aromatic amines is 1. The third kappa shape index (κ3) is 1.97. The molecule has 0 bridgehead atoms. The highest BCUT2D eigenvalue weighted by Crippen LogP contribution is 2.26. The summed E-state index contributed by atoms with van der Waals surface area (Å²) < 4.78 is 2.65. The van der Waals surface area contributed by atoms with E-state index in [4.69, 9.17) is 17.5 Å². The standard InChI is InChI=1S/C13H10N4S2/c1-8(12-15-4-5-19-12)17-11-6-9(7-14)2-3-10(11)16-13(17)18/h2-6,8H,1H3,(H,16,18). The Kier molecular flexibility index (Phi) is 2.93. The molecule has 0 saturated carbocycles. The lowest BCUT2D eigenvalue weighted by Gasteiger charge is -2.11. The zero-order valence-corrected chi connectivity index (χ0v) is 11.8. The van der Waals surface area contributed by atoms with E-state index >= 15 is 0 Å². The Bertz CT molecular complexity index is 821. The summed E-state index contributed by atoms with van der Waals surface area (Å²) in [4.78, 5) is 7.50. The second kappa shape index (κ2) is 4.61. The Morgan fingerprint density at radius 1 is 1.53 bits per heavy atom. The lowest BCUT2D eigenvalue weighted by atomic mass is 10.2. The van der Waals surface area contributed by atoms with Gasteiger partial charge in [0.05, 0.1) is 28.7 Å². The predicted octanol–water partition coefficient (Wildman–Crippen LogP) is 3.64. The summed E-state index contributed by atoms with van der Waals surface area (Å²) in [6.07, 6.45) is 1.79. The Hall–Kier alpha value is -1.97. The molecule has 0 spiro atoms. The predicted molar refractivity (Wildman–Crippen MR) is 77.8 cm³/mol. The van der Waals surface area contributed by atoms with Crippen molar-refractivity contribution in [2.75, 3.05) is 0 Å². The van der Waals surface area contributed by atoms with E-state index in [-0.39, 0.29) is 6.04 Å². The maximum Gasteiger partial charge on any atom is 0.178 e. The van der Waals surface area contributed by atoms with Crippen LogP contribution in [-0.4, -0.2) is 14.5 Å². The van der Waals surface area contributed by atoms with Crippen molar-refractivity contribution in [2.45, 2.75) is 13.0 Å². The van der Waals surface area contributed by atoms with Crippen LogP contribution in [0.1, 0.15) is 23.5 Å². The van der Waals surface area contributed by atoms with Crippen molar-refractivity contribution in [3.05, 3.63) is 45.1 Å². The Morgan fingerprint density at radius 3 is 3.05 bits per heavy atom. The van der Waals surface area contributed by atoms with E-state index in [1.165, 1.54) is 0 Å². The lowest BCUT2D eigenvalue weighted by molar-refractivity contribution is 0.644. The molecule has 3 rings (SSSR count). The first-order valence-corrected chi connectivity index (χ1v) is 7.03. The fraction of sp³-hybridized carbons (Fsp3) is 0.154. The Labute approximate surface area is 119 Å². The molecule has 1 aromatic carbocycles. The average Bonchev–Trinajstić information content (AvgIpc) is 3.03. The molecule has 0 saturated heterocycles. The van der Waals surface area contributed by atoms with Gasteiger partial charge in [-0.05, 0) is 37.3 Å². The molecule has 6 heteroatoms. The minimum Gasteiger partial charge on any atom is -0.331 e. The van der Waals surface area contributed by atoms with Crippen molar-refractivity contribution < 1.29 is 0 Å². The van der Waals surface area contributed by atoms with Crippen LogP contribution in [0.15, 0.2) is 29.8 Å². The summed E-state index contributed by atoms with van der Waals surface area (Å²) >= 11 is 6.98. The summed E-state index contributed by atoms with van der Waals surface area (Å²) in [7, 11) is 0. The molecule has 19 heavy (non-hydrogen) atoms. The molecule has 0 aliphatic heterocycles. The van der Waals surface area contributed by atoms with Crippen LogP contribution in [0.3, 0.4) is 0 Å². The number of nitrogens with one attached hydrogen (secondary N) is 1. The fourth-order valence-electron chi connectivity index (χ4n) is 2.13. The number of rotatable bonds is 2. The first-order valence-electron chi connectivity index (χ1n) is 5.74. The van der Waals surface area contributed by atoms with Gasteiger partial charge in [0, 0.05) is 11.6 Å². The summed E-state index contributed by atoms with van der Waals surface area (Å²) in [6.45, 7) is 2.06. The first kappa shape index (κ1) is 12.1. The van der Waals surface area contributed by atoms with Gasteiger partial charge >= 0.3 is 0 Å². The van der Waals surface area contributed by atoms with E-state index in [1.54, 1.807) is 23.6 Å². The molecule has 2 aromatic heterocycles. The van der Waals surface area contributed by atoms with Gasteiger partial charge in [0.25, 0.3) is 0 Å². The molecular weight excluding hydrogens is 276 g/mol. The van der Waals surface area contributed by atoms with Crippen LogP contribution in [0.5, 0.6) is 0 Å². The van der Waals surface area contributed by atoms with E-state index in [9.17, 15) is 0 Å². The fourth-order valence-corrected chi connectivity index (χ4v) is 3.18. The zero-order valence-electron chi connectivity index (χ0n) is 10.1. The quantitative estimate of drug-likeness (QED) is 0.732. The van der Waals surface area contributed by atoms with Crippen molar-refractivity contribution in [1.29, 1.82) is 5.26 Å². The van der Waals surface area contributed by atoms with Crippen LogP contribution in [0.2, 0.25) is 0 Å². The minimum absolute atomic E-state index is 0.0511. The van der Waals surface area contributed by atoms with Gasteiger partial charge in [-0.2, -0.15) is 5.26 Å². The number of hydrogen-bond donors (Lipinski definition) is 1. The maximum absolute atomic E-state index is 9.01. The third-order valence-corrected chi connectivity index (χ3v) is 4.29. The molecular formula is C13H10N4S2. The number of benzene rings is 1. The molecule has 0 aliphatic rings. The van der Waals surface area contributed by atoms with E-state index < -0.39 is 0 Å². The zero-order chi connectivity index (χ0) is 13.4. The second-order valence-corrected chi connectivity index (χ2v) is 5.50. The number of nitriles is 1. The Balaban J connectivity index is 2.25. The molecule has 94 valence electrons. The van der Waals surface area contributed by atoms with Gasteiger partial charge in [0.1, 0.15) is 5.01 Å². The lowest BCUT2D eigenvalue weighted by Crippen LogP contribution is -2.06. The SMILES string of the molecule is CC(c1nccs1)n1c(=S)[nH]c2ccc(C#N)cc21. The molecule has 2 heterocycles. The molecule has 3 aromatic rings. The summed E-state index contributed by atoms with van der Waals surface area (Å²) in [5.74, 6) is 0. The molecule has 0 radical (unpaired) electrons. The first-order chi connectivity index (χ1) is 9.20. The van der Waals surface area contributed by atoms with Gasteiger partial charge in [-0.25, -0.2) is 4.98 Å². The van der Waals surface area contributed by atoms with Crippen molar-refractivity contribution in [2.24, 2.45) is 0 Å². The largest absolute Gasteiger partial charge is 0.331 e. The van der Waals surface area contributed by atoms with Gasteiger partial charge in [-0.3, -0.25) is 0 Å². The van der Waals surface area contributed by atoms with Crippen molar-refractivity contribution in [3.63, 3.8) is 0 Å². The van der Waals surface area contributed by atoms with E-state index in [0.717, 1.165) is 16.0 Å². The van der Waals surface area contributed by atoms with Crippen LogP contribution in [-0.2, 0) is 0 Å². The molecule has 1 atom stereocenters. The average molecular weight is 286 g/mol. The normalized spacial score (nSPS) is 12.4. The highest BCUT2D eigenvalue weighted by Gasteiger charge is 2.15. The Morgan fingerprint density at radius 2 is 2.37 bits per heavy atom. The van der Waals surface area contributed by atoms with E-state index in [1.807, 2.05) is 22.1 Å². The van der Waals surface area contributed by atoms with Crippen LogP contribution in [0, 0.1) is 16.1 Å². The number of fused-ring (bicyclic) bond motifs is 1. The number of nitrogens with zero attached hydrogens (tertiary/aromatic N) is 3. The van der Waals surface area contributed by atoms with Gasteiger partial charge < -0.3 is 9.55 Å². The molecule has 1 unspecified atom stereocenters. The smallest absolute Gasteiger partial charge is 0.178 e.